The smallest absolute Gasteiger partial charge is 0.246 e. The first kappa shape index (κ1) is 22.5. The number of hydrogen-bond acceptors (Lipinski definition) is 6. The lowest BCUT2D eigenvalue weighted by atomic mass is 9.94. The molecule has 2 amide bonds. The van der Waals surface area contributed by atoms with Crippen molar-refractivity contribution in [3.63, 3.8) is 0 Å². The summed E-state index contributed by atoms with van der Waals surface area (Å²) in [7, 11) is 0. The van der Waals surface area contributed by atoms with Crippen LogP contribution in [0.3, 0.4) is 0 Å². The van der Waals surface area contributed by atoms with Gasteiger partial charge in [0.2, 0.25) is 11.8 Å². The van der Waals surface area contributed by atoms with Crippen LogP contribution in [-0.2, 0) is 27.5 Å². The fourth-order valence-corrected chi connectivity index (χ4v) is 4.87. The van der Waals surface area contributed by atoms with Crippen LogP contribution in [0.1, 0.15) is 37.8 Å². The van der Waals surface area contributed by atoms with Crippen molar-refractivity contribution in [1.29, 1.82) is 0 Å². The van der Waals surface area contributed by atoms with Gasteiger partial charge in [-0.15, -0.1) is 0 Å². The highest BCUT2D eigenvalue weighted by Gasteiger charge is 2.35. The molecule has 34 heavy (non-hydrogen) atoms. The number of pyridine rings is 1. The number of hydrogen-bond donors (Lipinski definition) is 0. The molecular formula is C25H30N6O3. The summed E-state index contributed by atoms with van der Waals surface area (Å²) in [5, 5.41) is 8.79. The molecule has 1 saturated heterocycles. The van der Waals surface area contributed by atoms with E-state index in [0.29, 0.717) is 19.7 Å². The second kappa shape index (κ2) is 10.3. The van der Waals surface area contributed by atoms with Gasteiger partial charge in [-0.25, -0.2) is 0 Å². The van der Waals surface area contributed by atoms with Gasteiger partial charge in [0.25, 0.3) is 0 Å². The molecule has 0 radical (unpaired) electrons. The first-order valence-corrected chi connectivity index (χ1v) is 12.0. The van der Waals surface area contributed by atoms with Crippen molar-refractivity contribution in [2.75, 3.05) is 19.6 Å². The third-order valence-electron chi connectivity index (χ3n) is 6.64. The van der Waals surface area contributed by atoms with Crippen molar-refractivity contribution in [3.8, 4) is 0 Å². The first-order valence-electron chi connectivity index (χ1n) is 12.0. The van der Waals surface area contributed by atoms with Gasteiger partial charge >= 0.3 is 0 Å². The Morgan fingerprint density at radius 2 is 1.71 bits per heavy atom. The van der Waals surface area contributed by atoms with Gasteiger partial charge in [0.05, 0.1) is 24.9 Å². The molecule has 0 spiro atoms. The summed E-state index contributed by atoms with van der Waals surface area (Å²) in [6.45, 7) is 1.22. The number of rotatable bonds is 6. The fourth-order valence-electron chi connectivity index (χ4n) is 4.87. The van der Waals surface area contributed by atoms with Gasteiger partial charge in [0.1, 0.15) is 17.6 Å². The van der Waals surface area contributed by atoms with Crippen LogP contribution in [0, 0.1) is 0 Å². The molecule has 1 saturated carbocycles. The van der Waals surface area contributed by atoms with E-state index >= 15 is 0 Å². The van der Waals surface area contributed by atoms with Crippen LogP contribution in [0.4, 0.5) is 0 Å². The molecule has 1 aromatic carbocycles. The van der Waals surface area contributed by atoms with Gasteiger partial charge in [0.15, 0.2) is 0 Å². The number of amides is 2. The standard InChI is InChI=1S/C25H30N6O3/c32-24(17-31-27-22-11-4-5-12-23(22)28-31)29-14-21(34-18-19-8-6-7-13-26-19)15-30(25(33)16-29)20-9-2-1-3-10-20/h4-8,11-13,20-21H,1-3,9-10,14-18H2/t21-/m0/s1. The summed E-state index contributed by atoms with van der Waals surface area (Å²) in [5.41, 5.74) is 2.30. The van der Waals surface area contributed by atoms with E-state index in [0.717, 1.165) is 42.4 Å². The maximum absolute atomic E-state index is 13.3. The molecule has 2 fully saturated rings. The van der Waals surface area contributed by atoms with Gasteiger partial charge < -0.3 is 14.5 Å². The molecule has 1 atom stereocenters. The summed E-state index contributed by atoms with van der Waals surface area (Å²) < 4.78 is 6.21. The lowest BCUT2D eigenvalue weighted by Gasteiger charge is -2.34. The second-order valence-corrected chi connectivity index (χ2v) is 9.09. The molecule has 3 heterocycles. The second-order valence-electron chi connectivity index (χ2n) is 9.09. The van der Waals surface area contributed by atoms with Gasteiger partial charge in [-0.2, -0.15) is 15.0 Å². The monoisotopic (exact) mass is 462 g/mol. The number of nitrogens with zero attached hydrogens (tertiary/aromatic N) is 6. The minimum atomic E-state index is -0.288. The average Bonchev–Trinajstić information content (AvgIpc) is 3.19. The minimum Gasteiger partial charge on any atom is -0.368 e. The summed E-state index contributed by atoms with van der Waals surface area (Å²) >= 11 is 0. The topological polar surface area (TPSA) is 93.5 Å². The van der Waals surface area contributed by atoms with Crippen LogP contribution >= 0.6 is 0 Å². The third-order valence-corrected chi connectivity index (χ3v) is 6.64. The molecule has 178 valence electrons. The molecule has 2 aliphatic rings. The van der Waals surface area contributed by atoms with Crippen LogP contribution in [-0.4, -0.2) is 73.4 Å². The molecule has 0 N–H and O–H groups in total. The Morgan fingerprint density at radius 1 is 0.971 bits per heavy atom. The molecule has 2 aromatic heterocycles. The van der Waals surface area contributed by atoms with Crippen molar-refractivity contribution in [2.45, 2.75) is 57.4 Å². The van der Waals surface area contributed by atoms with Crippen molar-refractivity contribution >= 4 is 22.8 Å². The third kappa shape index (κ3) is 5.25. The van der Waals surface area contributed by atoms with Crippen LogP contribution in [0.25, 0.3) is 11.0 Å². The zero-order chi connectivity index (χ0) is 23.3. The Labute approximate surface area is 198 Å². The van der Waals surface area contributed by atoms with E-state index < -0.39 is 0 Å². The highest BCUT2D eigenvalue weighted by Crippen LogP contribution is 2.25. The summed E-state index contributed by atoms with van der Waals surface area (Å²) in [6.07, 6.45) is 6.95. The molecule has 0 unspecified atom stereocenters. The Morgan fingerprint density at radius 3 is 2.41 bits per heavy atom. The van der Waals surface area contributed by atoms with E-state index in [4.69, 9.17) is 4.74 Å². The summed E-state index contributed by atoms with van der Waals surface area (Å²) in [4.78, 5) is 35.8. The molecule has 9 heteroatoms. The van der Waals surface area contributed by atoms with Crippen molar-refractivity contribution in [2.24, 2.45) is 0 Å². The lowest BCUT2D eigenvalue weighted by Crippen LogP contribution is -2.46. The molecule has 3 aromatic rings. The zero-order valence-electron chi connectivity index (χ0n) is 19.3. The maximum atomic E-state index is 13.3. The molecule has 9 nitrogen and oxygen atoms in total. The quantitative estimate of drug-likeness (QED) is 0.559. The number of fused-ring (bicyclic) bond motifs is 1. The number of aromatic nitrogens is 4. The number of benzene rings is 1. The predicted octanol–water partition coefficient (Wildman–Crippen LogP) is 2.42. The molecule has 5 rings (SSSR count). The van der Waals surface area contributed by atoms with Crippen LogP contribution < -0.4 is 0 Å². The molecule has 1 aliphatic carbocycles. The van der Waals surface area contributed by atoms with E-state index in [2.05, 4.69) is 15.2 Å². The van der Waals surface area contributed by atoms with E-state index in [-0.39, 0.29) is 37.0 Å². The van der Waals surface area contributed by atoms with Gasteiger partial charge in [-0.1, -0.05) is 37.5 Å². The summed E-state index contributed by atoms with van der Waals surface area (Å²) in [6, 6.07) is 13.4. The Balaban J connectivity index is 1.32. The average molecular weight is 463 g/mol. The van der Waals surface area contributed by atoms with E-state index in [9.17, 15) is 9.59 Å². The number of ether oxygens (including phenoxy) is 1. The first-order chi connectivity index (χ1) is 16.7. The van der Waals surface area contributed by atoms with Crippen LogP contribution in [0.5, 0.6) is 0 Å². The summed E-state index contributed by atoms with van der Waals surface area (Å²) in [5.74, 6) is -0.201. The number of carbonyl (C=O) groups is 2. The Hall–Kier alpha value is -3.33. The van der Waals surface area contributed by atoms with Gasteiger partial charge in [-0.3, -0.25) is 14.6 Å². The predicted molar refractivity (Wildman–Crippen MR) is 126 cm³/mol. The normalized spacial score (nSPS) is 20.0. The van der Waals surface area contributed by atoms with Crippen LogP contribution in [0.15, 0.2) is 48.7 Å². The fraction of sp³-hybridized carbons (Fsp3) is 0.480. The molecule has 0 bridgehead atoms. The van der Waals surface area contributed by atoms with E-state index in [1.54, 1.807) is 11.1 Å². The Bertz CT molecular complexity index is 1090. The minimum absolute atomic E-state index is 0.0113. The highest BCUT2D eigenvalue weighted by molar-refractivity contribution is 5.85. The van der Waals surface area contributed by atoms with Crippen molar-refractivity contribution < 1.29 is 14.3 Å². The van der Waals surface area contributed by atoms with E-state index in [1.807, 2.05) is 47.4 Å². The zero-order valence-corrected chi connectivity index (χ0v) is 19.3. The largest absolute Gasteiger partial charge is 0.368 e. The lowest BCUT2D eigenvalue weighted by molar-refractivity contribution is -0.140. The highest BCUT2D eigenvalue weighted by atomic mass is 16.5. The SMILES string of the molecule is O=C(Cn1nc2ccccc2n1)N1CC(=O)N(C2CCCCC2)C[C@@H](OCc2ccccn2)C1. The molecular weight excluding hydrogens is 432 g/mol. The van der Waals surface area contributed by atoms with Crippen molar-refractivity contribution in [1.82, 2.24) is 29.8 Å². The maximum Gasteiger partial charge on any atom is 0.246 e. The molecule has 1 aliphatic heterocycles. The Kier molecular flexibility index (Phi) is 6.80. The van der Waals surface area contributed by atoms with Gasteiger partial charge in [-0.05, 0) is 37.1 Å². The van der Waals surface area contributed by atoms with E-state index in [1.165, 1.54) is 11.2 Å². The van der Waals surface area contributed by atoms with Crippen LogP contribution in [0.2, 0.25) is 0 Å². The number of carbonyl (C=O) groups excluding carboxylic acids is 2. The van der Waals surface area contributed by atoms with Crippen molar-refractivity contribution in [3.05, 3.63) is 54.4 Å². The van der Waals surface area contributed by atoms with Gasteiger partial charge in [0, 0.05) is 25.3 Å².